The van der Waals surface area contributed by atoms with Gasteiger partial charge in [0.25, 0.3) is 0 Å². The first kappa shape index (κ1) is 12.4. The van der Waals surface area contributed by atoms with Gasteiger partial charge in [0.15, 0.2) is 0 Å². The molecule has 0 radical (unpaired) electrons. The number of morpholine rings is 1. The fourth-order valence-electron chi connectivity index (χ4n) is 3.26. The van der Waals surface area contributed by atoms with E-state index >= 15 is 0 Å². The molecule has 102 valence electrons. The molecule has 0 amide bonds. The third-order valence-corrected chi connectivity index (χ3v) is 4.40. The molecule has 1 fully saturated rings. The largest absolute Gasteiger partial charge is 0.363 e. The third-order valence-electron chi connectivity index (χ3n) is 4.17. The van der Waals surface area contributed by atoms with E-state index in [2.05, 4.69) is 47.4 Å². The summed E-state index contributed by atoms with van der Waals surface area (Å²) >= 11 is 6.11. The number of fused-ring (bicyclic) bond motifs is 5. The van der Waals surface area contributed by atoms with Gasteiger partial charge in [-0.1, -0.05) is 48.0 Å². The lowest BCUT2D eigenvalue weighted by atomic mass is 10.0. The van der Waals surface area contributed by atoms with E-state index in [4.69, 9.17) is 16.3 Å². The summed E-state index contributed by atoms with van der Waals surface area (Å²) in [7, 11) is 0. The van der Waals surface area contributed by atoms with Gasteiger partial charge in [-0.05, 0) is 28.8 Å². The maximum absolute atomic E-state index is 6.11. The minimum atomic E-state index is 0.172. The van der Waals surface area contributed by atoms with Crippen molar-refractivity contribution in [1.82, 2.24) is 4.90 Å². The van der Waals surface area contributed by atoms with Gasteiger partial charge >= 0.3 is 0 Å². The normalized spacial score (nSPS) is 24.6. The molecule has 4 rings (SSSR count). The quantitative estimate of drug-likeness (QED) is 0.828. The zero-order valence-corrected chi connectivity index (χ0v) is 11.9. The number of benzene rings is 2. The number of hydrogen-bond acceptors (Lipinski definition) is 2. The molecule has 0 aromatic heterocycles. The SMILES string of the molecule is Clc1ccc2c(c1)C1CN(Cc3ccccc3)CC2O1. The van der Waals surface area contributed by atoms with Crippen molar-refractivity contribution < 1.29 is 4.74 Å². The lowest BCUT2D eigenvalue weighted by Crippen LogP contribution is -2.35. The molecule has 2 nitrogen and oxygen atoms in total. The first-order valence-electron chi connectivity index (χ1n) is 7.01. The summed E-state index contributed by atoms with van der Waals surface area (Å²) in [4.78, 5) is 2.47. The zero-order valence-electron chi connectivity index (χ0n) is 11.1. The van der Waals surface area contributed by atoms with Crippen LogP contribution in [0, 0.1) is 0 Å². The molecule has 0 saturated carbocycles. The van der Waals surface area contributed by atoms with Crippen LogP contribution in [0.25, 0.3) is 0 Å². The molecule has 1 saturated heterocycles. The highest BCUT2D eigenvalue weighted by Crippen LogP contribution is 2.44. The minimum Gasteiger partial charge on any atom is -0.363 e. The van der Waals surface area contributed by atoms with Crippen molar-refractivity contribution in [3.05, 3.63) is 70.2 Å². The van der Waals surface area contributed by atoms with Crippen LogP contribution in [-0.2, 0) is 11.3 Å². The summed E-state index contributed by atoms with van der Waals surface area (Å²) in [6.07, 6.45) is 0.371. The Balaban J connectivity index is 1.56. The van der Waals surface area contributed by atoms with Gasteiger partial charge < -0.3 is 4.74 Å². The Morgan fingerprint density at radius 3 is 2.55 bits per heavy atom. The van der Waals surface area contributed by atoms with Crippen LogP contribution in [0.3, 0.4) is 0 Å². The molecule has 2 aromatic rings. The number of ether oxygens (including phenoxy) is 1. The van der Waals surface area contributed by atoms with Crippen LogP contribution in [-0.4, -0.2) is 18.0 Å². The average molecular weight is 286 g/mol. The standard InChI is InChI=1S/C17H16ClNO/c18-13-6-7-14-15(8-13)17-11-19(10-16(14)20-17)9-12-4-2-1-3-5-12/h1-8,16-17H,9-11H2. The van der Waals surface area contributed by atoms with Crippen LogP contribution in [0.4, 0.5) is 0 Å². The second kappa shape index (κ2) is 4.88. The molecule has 0 spiro atoms. The van der Waals surface area contributed by atoms with Gasteiger partial charge in [-0.15, -0.1) is 0 Å². The number of nitrogens with zero attached hydrogens (tertiary/aromatic N) is 1. The Morgan fingerprint density at radius 2 is 1.75 bits per heavy atom. The van der Waals surface area contributed by atoms with E-state index in [1.807, 2.05) is 6.07 Å². The predicted octanol–water partition coefficient (Wildman–Crippen LogP) is 3.97. The lowest BCUT2D eigenvalue weighted by Gasteiger charge is -2.32. The molecule has 2 atom stereocenters. The molecule has 2 unspecified atom stereocenters. The van der Waals surface area contributed by atoms with Crippen LogP contribution >= 0.6 is 11.6 Å². The summed E-state index contributed by atoms with van der Waals surface area (Å²) in [5, 5.41) is 0.800. The number of rotatable bonds is 2. The maximum atomic E-state index is 6.11. The predicted molar refractivity (Wildman–Crippen MR) is 79.7 cm³/mol. The van der Waals surface area contributed by atoms with E-state index in [-0.39, 0.29) is 12.2 Å². The van der Waals surface area contributed by atoms with Crippen molar-refractivity contribution in [2.24, 2.45) is 0 Å². The Labute approximate surface area is 123 Å². The molecule has 2 aliphatic heterocycles. The van der Waals surface area contributed by atoms with Gasteiger partial charge in [0.05, 0.1) is 12.2 Å². The summed E-state index contributed by atoms with van der Waals surface area (Å²) < 4.78 is 6.09. The topological polar surface area (TPSA) is 12.5 Å². The van der Waals surface area contributed by atoms with Crippen molar-refractivity contribution >= 4 is 11.6 Å². The Bertz CT molecular complexity index is 628. The highest BCUT2D eigenvalue weighted by molar-refractivity contribution is 6.30. The first-order valence-corrected chi connectivity index (χ1v) is 7.38. The van der Waals surface area contributed by atoms with Crippen LogP contribution < -0.4 is 0 Å². The van der Waals surface area contributed by atoms with Gasteiger partial charge in [-0.25, -0.2) is 0 Å². The van der Waals surface area contributed by atoms with E-state index in [1.165, 1.54) is 16.7 Å². The lowest BCUT2D eigenvalue weighted by molar-refractivity contribution is -0.0703. The van der Waals surface area contributed by atoms with Gasteiger partial charge in [-0.2, -0.15) is 0 Å². The molecule has 2 bridgehead atoms. The summed E-state index contributed by atoms with van der Waals surface area (Å²) in [6, 6.07) is 16.8. The van der Waals surface area contributed by atoms with E-state index in [0.717, 1.165) is 24.7 Å². The van der Waals surface area contributed by atoms with Crippen molar-refractivity contribution in [1.29, 1.82) is 0 Å². The van der Waals surface area contributed by atoms with E-state index in [0.29, 0.717) is 0 Å². The van der Waals surface area contributed by atoms with Crippen molar-refractivity contribution in [2.75, 3.05) is 13.1 Å². The highest BCUT2D eigenvalue weighted by atomic mass is 35.5. The summed E-state index contributed by atoms with van der Waals surface area (Å²) in [5.41, 5.74) is 3.95. The van der Waals surface area contributed by atoms with Crippen LogP contribution in [0.2, 0.25) is 5.02 Å². The fraction of sp³-hybridized carbons (Fsp3) is 0.294. The van der Waals surface area contributed by atoms with E-state index in [1.54, 1.807) is 0 Å². The van der Waals surface area contributed by atoms with Crippen LogP contribution in [0.15, 0.2) is 48.5 Å². The van der Waals surface area contributed by atoms with Crippen molar-refractivity contribution in [3.8, 4) is 0 Å². The summed E-state index contributed by atoms with van der Waals surface area (Å²) in [6.45, 7) is 2.89. The molecular formula is C17H16ClNO. The first-order chi connectivity index (χ1) is 9.79. The third kappa shape index (κ3) is 2.14. The second-order valence-electron chi connectivity index (χ2n) is 5.57. The van der Waals surface area contributed by atoms with Gasteiger partial charge in [0, 0.05) is 24.7 Å². The maximum Gasteiger partial charge on any atom is 0.0965 e. The number of halogens is 1. The second-order valence-corrected chi connectivity index (χ2v) is 6.00. The fourth-order valence-corrected chi connectivity index (χ4v) is 3.44. The van der Waals surface area contributed by atoms with Crippen LogP contribution in [0.5, 0.6) is 0 Å². The number of hydrogen-bond donors (Lipinski definition) is 0. The summed E-state index contributed by atoms with van der Waals surface area (Å²) in [5.74, 6) is 0. The average Bonchev–Trinajstić information content (AvgIpc) is 2.71. The molecule has 2 aromatic carbocycles. The van der Waals surface area contributed by atoms with Crippen LogP contribution in [0.1, 0.15) is 28.9 Å². The van der Waals surface area contributed by atoms with E-state index < -0.39 is 0 Å². The van der Waals surface area contributed by atoms with E-state index in [9.17, 15) is 0 Å². The smallest absolute Gasteiger partial charge is 0.0965 e. The Hall–Kier alpha value is -1.35. The molecule has 2 heterocycles. The molecule has 0 N–H and O–H groups in total. The highest BCUT2D eigenvalue weighted by Gasteiger charge is 2.38. The Kier molecular flexibility index (Phi) is 3.03. The van der Waals surface area contributed by atoms with Crippen molar-refractivity contribution in [2.45, 2.75) is 18.8 Å². The molecular weight excluding hydrogens is 270 g/mol. The van der Waals surface area contributed by atoms with Gasteiger partial charge in [0.2, 0.25) is 0 Å². The monoisotopic (exact) mass is 285 g/mol. The molecule has 20 heavy (non-hydrogen) atoms. The molecule has 2 aliphatic rings. The zero-order chi connectivity index (χ0) is 13.5. The Morgan fingerprint density at radius 1 is 1.00 bits per heavy atom. The minimum absolute atomic E-state index is 0.172. The molecule has 0 aliphatic carbocycles. The van der Waals surface area contributed by atoms with Crippen molar-refractivity contribution in [3.63, 3.8) is 0 Å². The van der Waals surface area contributed by atoms with Gasteiger partial charge in [0.1, 0.15) is 0 Å². The van der Waals surface area contributed by atoms with Gasteiger partial charge in [-0.3, -0.25) is 4.90 Å². The molecule has 3 heteroatoms.